The maximum Gasteiger partial charge on any atom is 0.336 e. The van der Waals surface area contributed by atoms with Gasteiger partial charge in [0.25, 0.3) is 0 Å². The zero-order chi connectivity index (χ0) is 19.3. The monoisotopic (exact) mass is 360 g/mol. The quantitative estimate of drug-likeness (QED) is 0.603. The van der Waals surface area contributed by atoms with E-state index in [0.717, 1.165) is 5.39 Å². The van der Waals surface area contributed by atoms with Crippen LogP contribution in [0.4, 0.5) is 0 Å². The molecule has 0 bridgehead atoms. The number of hydrogen-bond acceptors (Lipinski definition) is 6. The summed E-state index contributed by atoms with van der Waals surface area (Å²) < 4.78 is 15.7. The van der Waals surface area contributed by atoms with E-state index in [4.69, 9.17) is 13.9 Å². The predicted molar refractivity (Wildman–Crippen MR) is 99.1 cm³/mol. The summed E-state index contributed by atoms with van der Waals surface area (Å²) in [7, 11) is 1.51. The van der Waals surface area contributed by atoms with E-state index in [-0.39, 0.29) is 18.5 Å². The van der Waals surface area contributed by atoms with Crippen LogP contribution < -0.4 is 10.4 Å². The molecule has 0 aliphatic heterocycles. The van der Waals surface area contributed by atoms with Gasteiger partial charge in [-0.05, 0) is 43.2 Å². The van der Waals surface area contributed by atoms with Crippen molar-refractivity contribution < 1.29 is 23.8 Å². The number of ether oxygens (including phenoxy) is 2. The van der Waals surface area contributed by atoms with Crippen molar-refractivity contribution in [3.05, 3.63) is 46.3 Å². The van der Waals surface area contributed by atoms with E-state index in [2.05, 4.69) is 0 Å². The van der Waals surface area contributed by atoms with Gasteiger partial charge in [0.2, 0.25) is 0 Å². The molecule has 1 N–H and O–H groups in total. The average molecular weight is 360 g/mol. The maximum absolute atomic E-state index is 11.7. The van der Waals surface area contributed by atoms with Crippen molar-refractivity contribution in [3.63, 3.8) is 0 Å². The topological polar surface area (TPSA) is 86.0 Å². The molecule has 6 nitrogen and oxygen atoms in total. The third kappa shape index (κ3) is 5.20. The summed E-state index contributed by atoms with van der Waals surface area (Å²) in [5.74, 6) is 0.323. The average Bonchev–Trinajstić information content (AvgIpc) is 2.57. The van der Waals surface area contributed by atoms with E-state index >= 15 is 0 Å². The van der Waals surface area contributed by atoms with Crippen LogP contribution in [0.2, 0.25) is 0 Å². The summed E-state index contributed by atoms with van der Waals surface area (Å²) in [6.07, 6.45) is 3.38. The molecule has 2 rings (SSSR count). The molecule has 0 saturated heterocycles. The minimum absolute atomic E-state index is 0.175. The van der Waals surface area contributed by atoms with E-state index in [1.807, 2.05) is 13.8 Å². The van der Waals surface area contributed by atoms with E-state index in [1.54, 1.807) is 24.3 Å². The molecule has 0 spiro atoms. The summed E-state index contributed by atoms with van der Waals surface area (Å²) >= 11 is 0. The number of carbonyl (C=O) groups is 1. The summed E-state index contributed by atoms with van der Waals surface area (Å²) in [5, 5.41) is 11.2. The molecule has 1 atom stereocenters. The van der Waals surface area contributed by atoms with Crippen molar-refractivity contribution in [1.82, 2.24) is 0 Å². The Morgan fingerprint density at radius 2 is 2.00 bits per heavy atom. The number of esters is 1. The smallest absolute Gasteiger partial charge is 0.336 e. The highest BCUT2D eigenvalue weighted by molar-refractivity contribution is 5.88. The fourth-order valence-corrected chi connectivity index (χ4v) is 2.40. The lowest BCUT2D eigenvalue weighted by Gasteiger charge is -2.19. The van der Waals surface area contributed by atoms with Crippen LogP contribution in [0.1, 0.15) is 32.8 Å². The Kier molecular flexibility index (Phi) is 6.21. The second-order valence-corrected chi connectivity index (χ2v) is 6.80. The highest BCUT2D eigenvalue weighted by Crippen LogP contribution is 2.29. The molecule has 1 aromatic heterocycles. The van der Waals surface area contributed by atoms with Crippen LogP contribution >= 0.6 is 0 Å². The minimum Gasteiger partial charge on any atom is -0.496 e. The first-order valence-corrected chi connectivity index (χ1v) is 8.40. The first-order chi connectivity index (χ1) is 12.2. The minimum atomic E-state index is -1.38. The Morgan fingerprint density at radius 1 is 1.31 bits per heavy atom. The second-order valence-electron chi connectivity index (χ2n) is 6.80. The van der Waals surface area contributed by atoms with Crippen LogP contribution in [0.5, 0.6) is 5.75 Å². The second kappa shape index (κ2) is 8.19. The fourth-order valence-electron chi connectivity index (χ4n) is 2.40. The number of hydrogen-bond donors (Lipinski definition) is 1. The first kappa shape index (κ1) is 19.7. The molecule has 2 aromatic rings. The Bertz CT molecular complexity index is 860. The molecular weight excluding hydrogens is 336 g/mol. The molecule has 0 radical (unpaired) electrons. The number of fused-ring (bicyclic) bond motifs is 1. The lowest BCUT2D eigenvalue weighted by atomic mass is 10.0. The Hall–Kier alpha value is -2.60. The van der Waals surface area contributed by atoms with Gasteiger partial charge in [-0.25, -0.2) is 4.79 Å². The summed E-state index contributed by atoms with van der Waals surface area (Å²) in [6.45, 7) is 5.19. The van der Waals surface area contributed by atoms with Crippen LogP contribution in [0.25, 0.3) is 17.0 Å². The van der Waals surface area contributed by atoms with Crippen LogP contribution in [-0.4, -0.2) is 30.4 Å². The molecule has 0 amide bonds. The standard InChI is InChI=1S/C20H24O6/c1-13(2)11-18(22)25-12-20(3,23)10-9-15-16(24-4)7-5-14-6-8-17(21)26-19(14)15/h5-10,13,23H,11-12H2,1-4H3/b10-9+/t20-/m1/s1. The van der Waals surface area contributed by atoms with Crippen LogP contribution in [0.15, 0.2) is 39.6 Å². The van der Waals surface area contributed by atoms with Crippen LogP contribution in [0, 0.1) is 5.92 Å². The lowest BCUT2D eigenvalue weighted by molar-refractivity contribution is -0.149. The third-order valence-corrected chi connectivity index (χ3v) is 3.72. The van der Waals surface area contributed by atoms with Gasteiger partial charge in [0.15, 0.2) is 0 Å². The van der Waals surface area contributed by atoms with Gasteiger partial charge in [0, 0.05) is 17.9 Å². The highest BCUT2D eigenvalue weighted by atomic mass is 16.5. The van der Waals surface area contributed by atoms with Crippen LogP contribution in [0.3, 0.4) is 0 Å². The van der Waals surface area contributed by atoms with Gasteiger partial charge in [-0.3, -0.25) is 4.79 Å². The molecule has 1 heterocycles. The SMILES string of the molecule is COc1ccc2ccc(=O)oc2c1/C=C/[C@@](C)(O)COC(=O)CC(C)C. The number of carbonyl (C=O) groups excluding carboxylic acids is 1. The van der Waals surface area contributed by atoms with Gasteiger partial charge in [0.1, 0.15) is 23.5 Å². The van der Waals surface area contributed by atoms with E-state index < -0.39 is 11.2 Å². The van der Waals surface area contributed by atoms with Gasteiger partial charge >= 0.3 is 11.6 Å². The van der Waals surface area contributed by atoms with Crippen molar-refractivity contribution in [1.29, 1.82) is 0 Å². The molecule has 6 heteroatoms. The van der Waals surface area contributed by atoms with Gasteiger partial charge in [-0.2, -0.15) is 0 Å². The van der Waals surface area contributed by atoms with Gasteiger partial charge in [-0.1, -0.05) is 13.8 Å². The fraction of sp³-hybridized carbons (Fsp3) is 0.400. The van der Waals surface area contributed by atoms with Gasteiger partial charge < -0.3 is 19.0 Å². The van der Waals surface area contributed by atoms with Gasteiger partial charge in [-0.15, -0.1) is 0 Å². The van der Waals surface area contributed by atoms with Gasteiger partial charge in [0.05, 0.1) is 12.7 Å². The first-order valence-electron chi connectivity index (χ1n) is 8.40. The van der Waals surface area contributed by atoms with Crippen molar-refractivity contribution in [3.8, 4) is 5.75 Å². The number of benzene rings is 1. The normalized spacial score (nSPS) is 13.9. The molecule has 140 valence electrons. The third-order valence-electron chi connectivity index (χ3n) is 3.72. The number of aliphatic hydroxyl groups is 1. The summed E-state index contributed by atoms with van der Waals surface area (Å²) in [6, 6.07) is 6.52. The highest BCUT2D eigenvalue weighted by Gasteiger charge is 2.20. The summed E-state index contributed by atoms with van der Waals surface area (Å²) in [5.41, 5.74) is -0.971. The number of rotatable bonds is 7. The maximum atomic E-state index is 11.7. The molecular formula is C20H24O6. The molecule has 26 heavy (non-hydrogen) atoms. The molecule has 0 saturated carbocycles. The number of methoxy groups -OCH3 is 1. The zero-order valence-corrected chi connectivity index (χ0v) is 15.4. The molecule has 0 fully saturated rings. The largest absolute Gasteiger partial charge is 0.496 e. The zero-order valence-electron chi connectivity index (χ0n) is 15.4. The predicted octanol–water partition coefficient (Wildman–Crippen LogP) is 3.16. The van der Waals surface area contributed by atoms with Crippen molar-refractivity contribution >= 4 is 23.0 Å². The molecule has 0 aliphatic carbocycles. The molecule has 0 unspecified atom stereocenters. The molecule has 1 aromatic carbocycles. The van der Waals surface area contributed by atoms with Crippen molar-refractivity contribution in [2.24, 2.45) is 5.92 Å². The lowest BCUT2D eigenvalue weighted by Crippen LogP contribution is -2.29. The van der Waals surface area contributed by atoms with E-state index in [0.29, 0.717) is 23.3 Å². The van der Waals surface area contributed by atoms with E-state index in [9.17, 15) is 14.7 Å². The Balaban J connectivity index is 2.26. The van der Waals surface area contributed by atoms with Crippen LogP contribution in [-0.2, 0) is 9.53 Å². The van der Waals surface area contributed by atoms with E-state index in [1.165, 1.54) is 26.2 Å². The Labute approximate surface area is 152 Å². The van der Waals surface area contributed by atoms with Crippen molar-refractivity contribution in [2.45, 2.75) is 32.8 Å². The Morgan fingerprint density at radius 3 is 2.65 bits per heavy atom. The van der Waals surface area contributed by atoms with Crippen molar-refractivity contribution in [2.75, 3.05) is 13.7 Å². The summed E-state index contributed by atoms with van der Waals surface area (Å²) in [4.78, 5) is 23.2. The molecule has 0 aliphatic rings.